The lowest BCUT2D eigenvalue weighted by Crippen LogP contribution is -2.07. The molecular formula is C26H25NO5. The molecule has 6 heteroatoms. The van der Waals surface area contributed by atoms with Gasteiger partial charge in [-0.05, 0) is 47.0 Å². The van der Waals surface area contributed by atoms with Crippen LogP contribution < -0.4 is 19.5 Å². The Kier molecular flexibility index (Phi) is 7.54. The van der Waals surface area contributed by atoms with Crippen molar-refractivity contribution >= 4 is 29.8 Å². The van der Waals surface area contributed by atoms with E-state index in [9.17, 15) is 9.90 Å². The predicted molar refractivity (Wildman–Crippen MR) is 127 cm³/mol. The number of nitrogens with one attached hydrogen (secondary N) is 1. The first kappa shape index (κ1) is 22.5. The second-order valence-electron chi connectivity index (χ2n) is 6.80. The van der Waals surface area contributed by atoms with Crippen LogP contribution in [-0.4, -0.2) is 32.3 Å². The van der Waals surface area contributed by atoms with E-state index in [0.29, 0.717) is 22.9 Å². The smallest absolute Gasteiger partial charge is 0.248 e. The molecule has 3 rings (SSSR count). The van der Waals surface area contributed by atoms with E-state index in [2.05, 4.69) is 5.32 Å². The van der Waals surface area contributed by atoms with Gasteiger partial charge in [-0.25, -0.2) is 0 Å². The first-order valence-electron chi connectivity index (χ1n) is 9.89. The van der Waals surface area contributed by atoms with E-state index < -0.39 is 0 Å². The number of carbonyl (C=O) groups excluding carboxylic acids is 1. The highest BCUT2D eigenvalue weighted by Gasteiger charge is 2.12. The van der Waals surface area contributed by atoms with E-state index in [4.69, 9.17) is 14.2 Å². The van der Waals surface area contributed by atoms with Gasteiger partial charge in [-0.3, -0.25) is 4.79 Å². The molecule has 6 nitrogen and oxygen atoms in total. The minimum atomic E-state index is -0.329. The molecule has 32 heavy (non-hydrogen) atoms. The van der Waals surface area contributed by atoms with Gasteiger partial charge < -0.3 is 24.6 Å². The number of phenols is 1. The highest BCUT2D eigenvalue weighted by Crippen LogP contribution is 2.38. The van der Waals surface area contributed by atoms with Gasteiger partial charge in [0.2, 0.25) is 11.7 Å². The number of aromatic hydroxyl groups is 1. The van der Waals surface area contributed by atoms with Crippen LogP contribution in [0.3, 0.4) is 0 Å². The molecule has 0 bridgehead atoms. The van der Waals surface area contributed by atoms with Gasteiger partial charge in [-0.2, -0.15) is 0 Å². The summed E-state index contributed by atoms with van der Waals surface area (Å²) in [5.41, 5.74) is 2.84. The molecule has 0 aliphatic carbocycles. The molecule has 0 unspecified atom stereocenters. The highest BCUT2D eigenvalue weighted by atomic mass is 16.5. The molecule has 164 valence electrons. The Bertz CT molecular complexity index is 1110. The molecule has 0 aromatic heterocycles. The maximum absolute atomic E-state index is 12.1. The van der Waals surface area contributed by atoms with Crippen molar-refractivity contribution in [1.82, 2.24) is 0 Å². The van der Waals surface area contributed by atoms with Gasteiger partial charge in [-0.1, -0.05) is 48.6 Å². The second kappa shape index (κ2) is 10.7. The Morgan fingerprint density at radius 3 is 2.03 bits per heavy atom. The van der Waals surface area contributed by atoms with Crippen molar-refractivity contribution in [3.8, 4) is 23.0 Å². The number of benzene rings is 3. The van der Waals surface area contributed by atoms with Crippen molar-refractivity contribution in [2.75, 3.05) is 26.6 Å². The van der Waals surface area contributed by atoms with Crippen molar-refractivity contribution < 1.29 is 24.1 Å². The van der Waals surface area contributed by atoms with Crippen LogP contribution in [-0.2, 0) is 4.79 Å². The van der Waals surface area contributed by atoms with Gasteiger partial charge in [0.05, 0.1) is 27.0 Å². The molecule has 0 atom stereocenters. The Hall–Kier alpha value is -4.19. The number of amides is 1. The van der Waals surface area contributed by atoms with E-state index in [-0.39, 0.29) is 11.7 Å². The second-order valence-corrected chi connectivity index (χ2v) is 6.80. The Morgan fingerprint density at radius 1 is 0.781 bits per heavy atom. The lowest BCUT2D eigenvalue weighted by molar-refractivity contribution is -0.111. The van der Waals surface area contributed by atoms with Gasteiger partial charge in [-0.15, -0.1) is 0 Å². The number of methoxy groups -OCH3 is 3. The molecular weight excluding hydrogens is 406 g/mol. The van der Waals surface area contributed by atoms with Gasteiger partial charge in [0.25, 0.3) is 0 Å². The molecule has 2 N–H and O–H groups in total. The summed E-state index contributed by atoms with van der Waals surface area (Å²) in [5, 5.41) is 13.0. The third-order valence-electron chi connectivity index (χ3n) is 4.66. The van der Waals surface area contributed by atoms with E-state index in [1.165, 1.54) is 6.08 Å². The van der Waals surface area contributed by atoms with Crippen molar-refractivity contribution in [2.24, 2.45) is 0 Å². The zero-order chi connectivity index (χ0) is 22.9. The molecule has 0 heterocycles. The maximum Gasteiger partial charge on any atom is 0.248 e. The zero-order valence-electron chi connectivity index (χ0n) is 18.2. The zero-order valence-corrected chi connectivity index (χ0v) is 18.2. The van der Waals surface area contributed by atoms with E-state index >= 15 is 0 Å². The Labute approximate surface area is 187 Å². The van der Waals surface area contributed by atoms with Crippen LogP contribution in [0.1, 0.15) is 16.7 Å². The minimum absolute atomic E-state index is 0.0292. The molecule has 0 fully saturated rings. The van der Waals surface area contributed by atoms with Crippen molar-refractivity contribution in [1.29, 1.82) is 0 Å². The molecule has 0 aliphatic rings. The summed E-state index contributed by atoms with van der Waals surface area (Å²) in [4.78, 5) is 12.1. The quantitative estimate of drug-likeness (QED) is 0.290. The molecule has 0 aliphatic heterocycles. The summed E-state index contributed by atoms with van der Waals surface area (Å²) in [6, 6.07) is 18.2. The summed E-state index contributed by atoms with van der Waals surface area (Å²) >= 11 is 0. The SMILES string of the molecule is COc1cc(C=Cc2ccc(NC(=O)/C=C/c3ccccc3)c(O)c2)cc(OC)c1OC. The van der Waals surface area contributed by atoms with Gasteiger partial charge in [0, 0.05) is 6.08 Å². The molecule has 0 saturated heterocycles. The number of carbonyl (C=O) groups is 1. The van der Waals surface area contributed by atoms with Crippen LogP contribution in [0.2, 0.25) is 0 Å². The minimum Gasteiger partial charge on any atom is -0.506 e. The fourth-order valence-corrected chi connectivity index (χ4v) is 3.06. The monoisotopic (exact) mass is 431 g/mol. The third kappa shape index (κ3) is 5.70. The fraction of sp³-hybridized carbons (Fsp3) is 0.115. The van der Waals surface area contributed by atoms with Gasteiger partial charge in [0.1, 0.15) is 5.75 Å². The lowest BCUT2D eigenvalue weighted by Gasteiger charge is -2.12. The van der Waals surface area contributed by atoms with Crippen LogP contribution >= 0.6 is 0 Å². The highest BCUT2D eigenvalue weighted by molar-refractivity contribution is 6.02. The maximum atomic E-state index is 12.1. The normalized spacial score (nSPS) is 11.0. The van der Waals surface area contributed by atoms with E-state index in [1.807, 2.05) is 54.6 Å². The van der Waals surface area contributed by atoms with Crippen molar-refractivity contribution in [3.05, 3.63) is 83.4 Å². The van der Waals surface area contributed by atoms with E-state index in [1.54, 1.807) is 45.6 Å². The van der Waals surface area contributed by atoms with Gasteiger partial charge in [0.15, 0.2) is 11.5 Å². The van der Waals surface area contributed by atoms with Crippen LogP contribution in [0, 0.1) is 0 Å². The molecule has 3 aromatic rings. The first-order valence-corrected chi connectivity index (χ1v) is 9.89. The molecule has 3 aromatic carbocycles. The third-order valence-corrected chi connectivity index (χ3v) is 4.66. The predicted octanol–water partition coefficient (Wildman–Crippen LogP) is 5.24. The Balaban J connectivity index is 1.72. The number of hydrogen-bond acceptors (Lipinski definition) is 5. The topological polar surface area (TPSA) is 77.0 Å². The summed E-state index contributed by atoms with van der Waals surface area (Å²) in [6.45, 7) is 0. The molecule has 0 saturated carbocycles. The summed E-state index contributed by atoms with van der Waals surface area (Å²) in [5.74, 6) is 1.27. The largest absolute Gasteiger partial charge is 0.506 e. The van der Waals surface area contributed by atoms with Crippen molar-refractivity contribution in [3.63, 3.8) is 0 Å². The summed E-state index contributed by atoms with van der Waals surface area (Å²) in [6.07, 6.45) is 6.83. The molecule has 0 radical (unpaired) electrons. The standard InChI is InChI=1S/C26H25NO5/c1-30-23-16-20(17-24(31-2)26(23)32-3)10-9-19-11-13-21(22(28)15-19)27-25(29)14-12-18-7-5-4-6-8-18/h4-17,28H,1-3H3,(H,27,29)/b10-9?,14-12+. The average Bonchev–Trinajstić information content (AvgIpc) is 2.82. The number of anilines is 1. The van der Waals surface area contributed by atoms with Crippen LogP contribution in [0.5, 0.6) is 23.0 Å². The average molecular weight is 431 g/mol. The van der Waals surface area contributed by atoms with Crippen molar-refractivity contribution in [2.45, 2.75) is 0 Å². The number of rotatable bonds is 8. The Morgan fingerprint density at radius 2 is 1.44 bits per heavy atom. The number of ether oxygens (including phenoxy) is 3. The summed E-state index contributed by atoms with van der Waals surface area (Å²) in [7, 11) is 4.67. The fourth-order valence-electron chi connectivity index (χ4n) is 3.06. The number of hydrogen-bond donors (Lipinski definition) is 2. The lowest BCUT2D eigenvalue weighted by atomic mass is 10.1. The molecule has 0 spiro atoms. The summed E-state index contributed by atoms with van der Waals surface area (Å²) < 4.78 is 16.1. The van der Waals surface area contributed by atoms with Crippen LogP contribution in [0.25, 0.3) is 18.2 Å². The molecule has 1 amide bonds. The van der Waals surface area contributed by atoms with E-state index in [0.717, 1.165) is 16.7 Å². The van der Waals surface area contributed by atoms with Crippen LogP contribution in [0.15, 0.2) is 66.7 Å². The number of phenolic OH excluding ortho intramolecular Hbond substituents is 1. The first-order chi connectivity index (χ1) is 15.5. The van der Waals surface area contributed by atoms with Gasteiger partial charge >= 0.3 is 0 Å². The van der Waals surface area contributed by atoms with Crippen LogP contribution in [0.4, 0.5) is 5.69 Å².